The third-order valence-electron chi connectivity index (χ3n) is 4.47. The molecule has 136 valence electrons. The predicted molar refractivity (Wildman–Crippen MR) is 102 cm³/mol. The Morgan fingerprint density at radius 1 is 1.15 bits per heavy atom. The number of nitrogens with zero attached hydrogens (tertiary/aromatic N) is 4. The Bertz CT molecular complexity index is 983. The normalized spacial score (nSPS) is 18.5. The molecule has 0 amide bonds. The molecule has 7 heteroatoms. The maximum atomic E-state index is 13.0. The monoisotopic (exact) mass is 380 g/mol. The number of hydrogen-bond donors (Lipinski definition) is 0. The van der Waals surface area contributed by atoms with Crippen molar-refractivity contribution in [2.75, 3.05) is 6.61 Å². The molecule has 2 heterocycles. The molecule has 1 aliphatic heterocycles. The first-order chi connectivity index (χ1) is 13.2. The second kappa shape index (κ2) is 7.32. The van der Waals surface area contributed by atoms with Crippen molar-refractivity contribution in [1.29, 1.82) is 0 Å². The number of fused-ring (bicyclic) bond motifs is 1. The molecule has 2 unspecified atom stereocenters. The summed E-state index contributed by atoms with van der Waals surface area (Å²) in [4.78, 5) is 21.9. The van der Waals surface area contributed by atoms with E-state index in [0.717, 1.165) is 11.1 Å². The number of ether oxygens (including phenoxy) is 1. The number of aliphatic imine (C=N–C) groups is 1. The van der Waals surface area contributed by atoms with E-state index < -0.39 is 12.0 Å². The zero-order valence-electron chi connectivity index (χ0n) is 14.6. The van der Waals surface area contributed by atoms with Gasteiger partial charge in [-0.2, -0.15) is 10.1 Å². The number of aromatic nitrogens is 3. The van der Waals surface area contributed by atoms with Crippen molar-refractivity contribution in [2.24, 2.45) is 10.9 Å². The zero-order chi connectivity index (χ0) is 18.8. The van der Waals surface area contributed by atoms with Gasteiger partial charge in [-0.25, -0.2) is 9.67 Å². The Morgan fingerprint density at radius 2 is 1.89 bits per heavy atom. The molecule has 0 radical (unpaired) electrons. The number of hydrogen-bond acceptors (Lipinski definition) is 5. The largest absolute Gasteiger partial charge is 0.465 e. The van der Waals surface area contributed by atoms with E-state index in [1.165, 1.54) is 6.33 Å². The highest BCUT2D eigenvalue weighted by molar-refractivity contribution is 6.30. The van der Waals surface area contributed by atoms with Gasteiger partial charge in [-0.3, -0.25) is 4.79 Å². The summed E-state index contributed by atoms with van der Waals surface area (Å²) in [6, 6.07) is 16.5. The van der Waals surface area contributed by atoms with E-state index in [1.807, 2.05) is 42.5 Å². The Balaban J connectivity index is 1.91. The SMILES string of the molecule is CCOC(=O)C1C(c2ccccc2)=Nc2ncnn2C1c1ccc(Cl)cc1. The van der Waals surface area contributed by atoms with Crippen molar-refractivity contribution < 1.29 is 9.53 Å². The van der Waals surface area contributed by atoms with Crippen LogP contribution in [0, 0.1) is 5.92 Å². The van der Waals surface area contributed by atoms with Crippen molar-refractivity contribution in [3.05, 3.63) is 77.1 Å². The Morgan fingerprint density at radius 3 is 2.59 bits per heavy atom. The van der Waals surface area contributed by atoms with Gasteiger partial charge in [0.1, 0.15) is 12.2 Å². The summed E-state index contributed by atoms with van der Waals surface area (Å²) >= 11 is 6.05. The van der Waals surface area contributed by atoms with Crippen molar-refractivity contribution in [3.8, 4) is 0 Å². The zero-order valence-corrected chi connectivity index (χ0v) is 15.4. The summed E-state index contributed by atoms with van der Waals surface area (Å²) in [5.74, 6) is -0.543. The van der Waals surface area contributed by atoms with Gasteiger partial charge in [-0.1, -0.05) is 54.1 Å². The van der Waals surface area contributed by atoms with E-state index in [-0.39, 0.29) is 12.6 Å². The lowest BCUT2D eigenvalue weighted by molar-refractivity contribution is -0.146. The van der Waals surface area contributed by atoms with Crippen LogP contribution in [0.15, 0.2) is 65.9 Å². The first-order valence-corrected chi connectivity index (χ1v) is 9.02. The van der Waals surface area contributed by atoms with E-state index in [1.54, 1.807) is 23.7 Å². The lowest BCUT2D eigenvalue weighted by atomic mass is 9.85. The molecule has 1 aliphatic rings. The summed E-state index contributed by atoms with van der Waals surface area (Å²) in [5, 5.41) is 4.94. The second-order valence-electron chi connectivity index (χ2n) is 6.09. The molecule has 1 aromatic heterocycles. The summed E-state index contributed by atoms with van der Waals surface area (Å²) in [6.07, 6.45) is 1.44. The molecule has 27 heavy (non-hydrogen) atoms. The molecule has 6 nitrogen and oxygen atoms in total. The number of rotatable bonds is 4. The molecule has 0 saturated heterocycles. The van der Waals surface area contributed by atoms with Crippen LogP contribution in [0.25, 0.3) is 0 Å². The molecule has 0 bridgehead atoms. The Hall–Kier alpha value is -2.99. The van der Waals surface area contributed by atoms with Crippen molar-refractivity contribution in [3.63, 3.8) is 0 Å². The highest BCUT2D eigenvalue weighted by Crippen LogP contribution is 2.37. The lowest BCUT2D eigenvalue weighted by Crippen LogP contribution is -2.38. The van der Waals surface area contributed by atoms with E-state index in [0.29, 0.717) is 16.7 Å². The van der Waals surface area contributed by atoms with Crippen molar-refractivity contribution >= 4 is 29.2 Å². The van der Waals surface area contributed by atoms with Gasteiger partial charge >= 0.3 is 5.97 Å². The van der Waals surface area contributed by atoms with Gasteiger partial charge in [-0.15, -0.1) is 0 Å². The third-order valence-corrected chi connectivity index (χ3v) is 4.72. The van der Waals surface area contributed by atoms with Crippen LogP contribution in [-0.4, -0.2) is 33.1 Å². The number of esters is 1. The fourth-order valence-corrected chi connectivity index (χ4v) is 3.43. The number of carbonyl (C=O) groups is 1. The van der Waals surface area contributed by atoms with Gasteiger partial charge < -0.3 is 4.74 Å². The summed E-state index contributed by atoms with van der Waals surface area (Å²) < 4.78 is 7.06. The molecular formula is C20H17ClN4O2. The third kappa shape index (κ3) is 3.24. The van der Waals surface area contributed by atoms with Gasteiger partial charge in [0.25, 0.3) is 0 Å². The molecule has 0 N–H and O–H groups in total. The minimum Gasteiger partial charge on any atom is -0.465 e. The highest BCUT2D eigenvalue weighted by Gasteiger charge is 2.41. The first-order valence-electron chi connectivity index (χ1n) is 8.64. The molecule has 0 saturated carbocycles. The molecule has 0 spiro atoms. The van der Waals surface area contributed by atoms with E-state index in [9.17, 15) is 4.79 Å². The van der Waals surface area contributed by atoms with E-state index in [2.05, 4.69) is 15.1 Å². The number of benzene rings is 2. The minimum absolute atomic E-state index is 0.287. The van der Waals surface area contributed by atoms with Gasteiger partial charge in [0.05, 0.1) is 18.4 Å². The topological polar surface area (TPSA) is 69.4 Å². The average molecular weight is 381 g/mol. The Labute approximate surface area is 161 Å². The van der Waals surface area contributed by atoms with Gasteiger partial charge in [0, 0.05) is 5.02 Å². The van der Waals surface area contributed by atoms with Gasteiger partial charge in [0.2, 0.25) is 5.95 Å². The molecule has 4 rings (SSSR count). The summed E-state index contributed by atoms with van der Waals surface area (Å²) in [5.41, 5.74) is 2.35. The van der Waals surface area contributed by atoms with Crippen LogP contribution in [0.1, 0.15) is 24.1 Å². The highest BCUT2D eigenvalue weighted by atomic mass is 35.5. The molecule has 2 aromatic carbocycles. The van der Waals surface area contributed by atoms with Crippen LogP contribution in [0.3, 0.4) is 0 Å². The summed E-state index contributed by atoms with van der Waals surface area (Å²) in [6.45, 7) is 2.08. The molecule has 3 aromatic rings. The maximum Gasteiger partial charge on any atom is 0.317 e. The second-order valence-corrected chi connectivity index (χ2v) is 6.53. The fourth-order valence-electron chi connectivity index (χ4n) is 3.31. The van der Waals surface area contributed by atoms with E-state index in [4.69, 9.17) is 16.3 Å². The van der Waals surface area contributed by atoms with Crippen LogP contribution in [0.5, 0.6) is 0 Å². The van der Waals surface area contributed by atoms with Gasteiger partial charge in [-0.05, 0) is 30.2 Å². The number of halogens is 1. The van der Waals surface area contributed by atoms with Crippen molar-refractivity contribution in [2.45, 2.75) is 13.0 Å². The van der Waals surface area contributed by atoms with E-state index >= 15 is 0 Å². The number of carbonyl (C=O) groups excluding carboxylic acids is 1. The molecule has 0 fully saturated rings. The standard InChI is InChI=1S/C20H17ClN4O2/c1-2-27-19(26)16-17(13-6-4-3-5-7-13)24-20-22-12-23-25(20)18(16)14-8-10-15(21)11-9-14/h3-12,16,18H,2H2,1H3. The molecular weight excluding hydrogens is 364 g/mol. The maximum absolute atomic E-state index is 13.0. The van der Waals surface area contributed by atoms with Crippen LogP contribution < -0.4 is 0 Å². The quantitative estimate of drug-likeness (QED) is 0.645. The van der Waals surface area contributed by atoms with Crippen LogP contribution in [-0.2, 0) is 9.53 Å². The van der Waals surface area contributed by atoms with Crippen LogP contribution in [0.2, 0.25) is 5.02 Å². The summed E-state index contributed by atoms with van der Waals surface area (Å²) in [7, 11) is 0. The van der Waals surface area contributed by atoms with Gasteiger partial charge in [0.15, 0.2) is 0 Å². The fraction of sp³-hybridized carbons (Fsp3) is 0.200. The van der Waals surface area contributed by atoms with Crippen LogP contribution in [0.4, 0.5) is 5.95 Å². The predicted octanol–water partition coefficient (Wildman–Crippen LogP) is 3.83. The van der Waals surface area contributed by atoms with Crippen molar-refractivity contribution in [1.82, 2.24) is 14.8 Å². The average Bonchev–Trinajstić information content (AvgIpc) is 3.16. The first kappa shape index (κ1) is 17.4. The van der Waals surface area contributed by atoms with Crippen LogP contribution >= 0.6 is 11.6 Å². The minimum atomic E-state index is -0.650. The molecule has 0 aliphatic carbocycles. The molecule has 2 atom stereocenters. The lowest BCUT2D eigenvalue weighted by Gasteiger charge is -2.31. The Kier molecular flexibility index (Phi) is 4.73. The smallest absolute Gasteiger partial charge is 0.317 e.